The molecule has 2 rings (SSSR count). The number of hydrogen-bond acceptors (Lipinski definition) is 2. The summed E-state index contributed by atoms with van der Waals surface area (Å²) in [7, 11) is 0. The Balaban J connectivity index is 2.43. The van der Waals surface area contributed by atoms with Crippen molar-refractivity contribution in [1.82, 2.24) is 0 Å². The zero-order chi connectivity index (χ0) is 14.2. The zero-order valence-corrected chi connectivity index (χ0v) is 12.2. The fourth-order valence-corrected chi connectivity index (χ4v) is 2.88. The van der Waals surface area contributed by atoms with E-state index in [9.17, 15) is 4.79 Å². The Hall–Kier alpha value is -1.53. The normalized spacial score (nSPS) is 21.5. The van der Waals surface area contributed by atoms with Crippen LogP contribution in [0.5, 0.6) is 0 Å². The largest absolute Gasteiger partial charge is 0.309 e. The number of nitriles is 1. The molecule has 1 fully saturated rings. The van der Waals surface area contributed by atoms with Gasteiger partial charge in [-0.1, -0.05) is 32.4 Å². The third-order valence-corrected chi connectivity index (χ3v) is 4.04. The molecule has 0 bridgehead atoms. The van der Waals surface area contributed by atoms with Crippen LogP contribution in [0.15, 0.2) is 18.2 Å². The molecule has 1 aliphatic rings. The van der Waals surface area contributed by atoms with Crippen LogP contribution in [0.4, 0.5) is 5.69 Å². The topological polar surface area (TPSA) is 44.1 Å². The lowest BCUT2D eigenvalue weighted by Gasteiger charge is -2.24. The molecule has 3 nitrogen and oxygen atoms in total. The molecular formula is C15H17ClN2O. The van der Waals surface area contributed by atoms with Crippen molar-refractivity contribution in [1.29, 1.82) is 5.26 Å². The number of benzene rings is 1. The smallest absolute Gasteiger partial charge is 0.232 e. The standard InChI is InChI=1S/C15H17ClN2O/c1-4-11-8-15(2,3)14(19)18(11)12-6-5-10(9-17)13(16)7-12/h5-7,11H,4,8H2,1-3H3/t11-/m0/s1. The number of carbonyl (C=O) groups excluding carboxylic acids is 1. The predicted octanol–water partition coefficient (Wildman–Crippen LogP) is 3.75. The van der Waals surface area contributed by atoms with E-state index in [2.05, 4.69) is 6.92 Å². The Morgan fingerprint density at radius 1 is 1.53 bits per heavy atom. The Morgan fingerprint density at radius 2 is 2.21 bits per heavy atom. The Kier molecular flexibility index (Phi) is 3.56. The second kappa shape index (κ2) is 4.86. The van der Waals surface area contributed by atoms with E-state index in [0.29, 0.717) is 10.6 Å². The summed E-state index contributed by atoms with van der Waals surface area (Å²) in [6.07, 6.45) is 1.76. The van der Waals surface area contributed by atoms with Crippen molar-refractivity contribution in [3.63, 3.8) is 0 Å². The summed E-state index contributed by atoms with van der Waals surface area (Å²) in [6.45, 7) is 6.03. The lowest BCUT2D eigenvalue weighted by Crippen LogP contribution is -2.35. The molecule has 0 aliphatic carbocycles. The molecule has 1 heterocycles. The first-order valence-electron chi connectivity index (χ1n) is 6.44. The van der Waals surface area contributed by atoms with Crippen molar-refractivity contribution in [2.24, 2.45) is 5.41 Å². The highest BCUT2D eigenvalue weighted by Crippen LogP contribution is 2.40. The van der Waals surface area contributed by atoms with Crippen LogP contribution in [0.1, 0.15) is 39.2 Å². The predicted molar refractivity (Wildman–Crippen MR) is 76.1 cm³/mol. The number of nitrogens with zero attached hydrogens (tertiary/aromatic N) is 2. The second-order valence-electron chi connectivity index (χ2n) is 5.60. The van der Waals surface area contributed by atoms with Crippen LogP contribution in [-0.2, 0) is 4.79 Å². The van der Waals surface area contributed by atoms with Crippen LogP contribution in [-0.4, -0.2) is 11.9 Å². The molecule has 1 aromatic carbocycles. The third-order valence-electron chi connectivity index (χ3n) is 3.73. The molecule has 0 saturated carbocycles. The summed E-state index contributed by atoms with van der Waals surface area (Å²) in [5.74, 6) is 0.125. The van der Waals surface area contributed by atoms with Gasteiger partial charge in [0.15, 0.2) is 0 Å². The maximum Gasteiger partial charge on any atom is 0.232 e. The molecule has 0 radical (unpaired) electrons. The van der Waals surface area contributed by atoms with Gasteiger partial charge in [-0.2, -0.15) is 5.26 Å². The zero-order valence-electron chi connectivity index (χ0n) is 11.4. The van der Waals surface area contributed by atoms with Gasteiger partial charge in [0.2, 0.25) is 5.91 Å². The molecule has 0 aromatic heterocycles. The average molecular weight is 277 g/mol. The van der Waals surface area contributed by atoms with E-state index in [0.717, 1.165) is 18.5 Å². The van der Waals surface area contributed by atoms with Crippen molar-refractivity contribution in [2.75, 3.05) is 4.90 Å². The van der Waals surface area contributed by atoms with Crippen molar-refractivity contribution < 1.29 is 4.79 Å². The molecule has 1 aliphatic heterocycles. The molecule has 0 spiro atoms. The van der Waals surface area contributed by atoms with E-state index in [4.69, 9.17) is 16.9 Å². The molecule has 100 valence electrons. The van der Waals surface area contributed by atoms with Gasteiger partial charge in [0.05, 0.1) is 10.6 Å². The highest BCUT2D eigenvalue weighted by Gasteiger charge is 2.45. The molecule has 0 unspecified atom stereocenters. The van der Waals surface area contributed by atoms with E-state index >= 15 is 0 Å². The summed E-state index contributed by atoms with van der Waals surface area (Å²) in [5.41, 5.74) is 0.886. The third kappa shape index (κ3) is 2.33. The first-order valence-corrected chi connectivity index (χ1v) is 6.82. The van der Waals surface area contributed by atoms with Crippen LogP contribution < -0.4 is 4.90 Å². The summed E-state index contributed by atoms with van der Waals surface area (Å²) < 4.78 is 0. The molecule has 1 amide bonds. The first kappa shape index (κ1) is 13.9. The Labute approximate surface area is 118 Å². The van der Waals surface area contributed by atoms with Crippen LogP contribution in [0.25, 0.3) is 0 Å². The van der Waals surface area contributed by atoms with E-state index < -0.39 is 0 Å². The van der Waals surface area contributed by atoms with E-state index in [1.54, 1.807) is 18.2 Å². The fraction of sp³-hybridized carbons (Fsp3) is 0.467. The molecule has 1 atom stereocenters. The van der Waals surface area contributed by atoms with Crippen molar-refractivity contribution in [3.8, 4) is 6.07 Å². The minimum atomic E-state index is -0.332. The van der Waals surface area contributed by atoms with Gasteiger partial charge in [-0.15, -0.1) is 0 Å². The van der Waals surface area contributed by atoms with E-state index in [-0.39, 0.29) is 17.4 Å². The number of amides is 1. The van der Waals surface area contributed by atoms with Crippen LogP contribution in [0, 0.1) is 16.7 Å². The average Bonchev–Trinajstić information content (AvgIpc) is 2.60. The van der Waals surface area contributed by atoms with Gasteiger partial charge in [0.25, 0.3) is 0 Å². The van der Waals surface area contributed by atoms with Gasteiger partial charge < -0.3 is 4.90 Å². The summed E-state index contributed by atoms with van der Waals surface area (Å²) >= 11 is 6.06. The molecule has 0 N–H and O–H groups in total. The van der Waals surface area contributed by atoms with Crippen LogP contribution >= 0.6 is 11.6 Å². The minimum Gasteiger partial charge on any atom is -0.309 e. The molecule has 4 heteroatoms. The lowest BCUT2D eigenvalue weighted by atomic mass is 9.89. The van der Waals surface area contributed by atoms with Crippen molar-refractivity contribution in [3.05, 3.63) is 28.8 Å². The Morgan fingerprint density at radius 3 is 2.74 bits per heavy atom. The van der Waals surface area contributed by atoms with E-state index in [1.165, 1.54) is 0 Å². The van der Waals surface area contributed by atoms with Gasteiger partial charge >= 0.3 is 0 Å². The van der Waals surface area contributed by atoms with Crippen LogP contribution in [0.2, 0.25) is 5.02 Å². The first-order chi connectivity index (χ1) is 8.90. The number of hydrogen-bond donors (Lipinski definition) is 0. The molecular weight excluding hydrogens is 260 g/mol. The monoisotopic (exact) mass is 276 g/mol. The fourth-order valence-electron chi connectivity index (χ4n) is 2.66. The highest BCUT2D eigenvalue weighted by molar-refractivity contribution is 6.32. The summed E-state index contributed by atoms with van der Waals surface area (Å²) in [4.78, 5) is 14.3. The quantitative estimate of drug-likeness (QED) is 0.826. The summed E-state index contributed by atoms with van der Waals surface area (Å²) in [5, 5.41) is 9.29. The number of rotatable bonds is 2. The van der Waals surface area contributed by atoms with Crippen molar-refractivity contribution in [2.45, 2.75) is 39.7 Å². The second-order valence-corrected chi connectivity index (χ2v) is 6.01. The van der Waals surface area contributed by atoms with E-state index in [1.807, 2.05) is 24.8 Å². The van der Waals surface area contributed by atoms with Gasteiger partial charge in [-0.25, -0.2) is 0 Å². The maximum absolute atomic E-state index is 12.5. The SMILES string of the molecule is CC[C@H]1CC(C)(C)C(=O)N1c1ccc(C#N)c(Cl)c1. The molecule has 1 aromatic rings. The minimum absolute atomic E-state index is 0.125. The Bertz CT molecular complexity index is 560. The summed E-state index contributed by atoms with van der Waals surface area (Å²) in [6, 6.07) is 7.41. The molecule has 19 heavy (non-hydrogen) atoms. The highest BCUT2D eigenvalue weighted by atomic mass is 35.5. The maximum atomic E-state index is 12.5. The molecule has 1 saturated heterocycles. The van der Waals surface area contributed by atoms with Gasteiger partial charge in [-0.3, -0.25) is 4.79 Å². The van der Waals surface area contributed by atoms with Crippen LogP contribution in [0.3, 0.4) is 0 Å². The van der Waals surface area contributed by atoms with Gasteiger partial charge in [0.1, 0.15) is 6.07 Å². The number of anilines is 1. The number of halogens is 1. The van der Waals surface area contributed by atoms with Crippen molar-refractivity contribution >= 4 is 23.2 Å². The lowest BCUT2D eigenvalue weighted by molar-refractivity contribution is -0.124. The van der Waals surface area contributed by atoms with Gasteiger partial charge in [-0.05, 0) is 31.0 Å². The van der Waals surface area contributed by atoms with Gasteiger partial charge in [0, 0.05) is 17.1 Å². The number of carbonyl (C=O) groups is 1.